The molecule has 1 aliphatic carbocycles. The van der Waals surface area contributed by atoms with Crippen LogP contribution in [0, 0.1) is 11.3 Å². The molecule has 3 heteroatoms. The molecule has 0 spiro atoms. The van der Waals surface area contributed by atoms with Gasteiger partial charge in [-0.05, 0) is 50.6 Å². The molecule has 1 heterocycles. The first kappa shape index (κ1) is 15.3. The molecule has 0 aromatic heterocycles. The van der Waals surface area contributed by atoms with Gasteiger partial charge < -0.3 is 15.4 Å². The Labute approximate surface area is 118 Å². The van der Waals surface area contributed by atoms with E-state index in [0.717, 1.165) is 25.7 Å². The van der Waals surface area contributed by atoms with Gasteiger partial charge in [0.25, 0.3) is 0 Å². The van der Waals surface area contributed by atoms with Crippen LogP contribution in [-0.2, 0) is 4.74 Å². The molecule has 0 radical (unpaired) electrons. The van der Waals surface area contributed by atoms with Crippen LogP contribution >= 0.6 is 0 Å². The van der Waals surface area contributed by atoms with Gasteiger partial charge in [-0.3, -0.25) is 0 Å². The normalized spacial score (nSPS) is 28.3. The number of hydrogen-bond acceptors (Lipinski definition) is 3. The lowest BCUT2D eigenvalue weighted by atomic mass is 9.80. The van der Waals surface area contributed by atoms with Crippen molar-refractivity contribution < 1.29 is 4.74 Å². The number of ether oxygens (including phenoxy) is 1. The highest BCUT2D eigenvalue weighted by Crippen LogP contribution is 2.35. The summed E-state index contributed by atoms with van der Waals surface area (Å²) in [4.78, 5) is 2.53. The fourth-order valence-corrected chi connectivity index (χ4v) is 3.93. The van der Waals surface area contributed by atoms with Crippen LogP contribution in [0.15, 0.2) is 0 Å². The minimum absolute atomic E-state index is 0.390. The third-order valence-electron chi connectivity index (χ3n) is 5.03. The monoisotopic (exact) mass is 268 g/mol. The van der Waals surface area contributed by atoms with Crippen LogP contribution in [-0.4, -0.2) is 44.8 Å². The van der Waals surface area contributed by atoms with Gasteiger partial charge >= 0.3 is 0 Å². The molecular formula is C16H32N2O. The highest BCUT2D eigenvalue weighted by atomic mass is 16.5. The molecule has 2 N–H and O–H groups in total. The van der Waals surface area contributed by atoms with Crippen LogP contribution in [0.3, 0.4) is 0 Å². The molecule has 0 aromatic carbocycles. The molecular weight excluding hydrogens is 236 g/mol. The number of nitrogens with zero attached hydrogens (tertiary/aromatic N) is 1. The molecule has 3 nitrogen and oxygen atoms in total. The average Bonchev–Trinajstić information content (AvgIpc) is 2.66. The number of hydrogen-bond donors (Lipinski definition) is 1. The summed E-state index contributed by atoms with van der Waals surface area (Å²) in [7, 11) is 2.27. The molecule has 1 saturated heterocycles. The van der Waals surface area contributed by atoms with Gasteiger partial charge in [0, 0.05) is 19.7 Å². The molecule has 2 fully saturated rings. The molecule has 19 heavy (non-hydrogen) atoms. The maximum absolute atomic E-state index is 6.14. The van der Waals surface area contributed by atoms with Crippen LogP contribution in [0.25, 0.3) is 0 Å². The molecule has 0 aromatic rings. The molecule has 0 amide bonds. The maximum atomic E-state index is 6.14. The zero-order valence-electron chi connectivity index (χ0n) is 12.7. The fourth-order valence-electron chi connectivity index (χ4n) is 3.93. The number of rotatable bonds is 5. The summed E-state index contributed by atoms with van der Waals surface area (Å²) in [6.07, 6.45) is 10.8. The Morgan fingerprint density at radius 1 is 1.16 bits per heavy atom. The van der Waals surface area contributed by atoms with Gasteiger partial charge in [-0.2, -0.15) is 0 Å². The van der Waals surface area contributed by atoms with E-state index in [1.165, 1.54) is 64.5 Å². The second-order valence-electron chi connectivity index (χ2n) is 6.90. The molecule has 1 aliphatic heterocycles. The Hall–Kier alpha value is -0.120. The second kappa shape index (κ2) is 7.61. The first-order valence-electron chi connectivity index (χ1n) is 8.20. The van der Waals surface area contributed by atoms with Crippen molar-refractivity contribution in [1.29, 1.82) is 0 Å². The van der Waals surface area contributed by atoms with Gasteiger partial charge in [-0.1, -0.05) is 25.7 Å². The van der Waals surface area contributed by atoms with E-state index < -0.39 is 0 Å². The topological polar surface area (TPSA) is 38.5 Å². The van der Waals surface area contributed by atoms with Crippen molar-refractivity contribution in [2.45, 2.75) is 51.4 Å². The van der Waals surface area contributed by atoms with Crippen molar-refractivity contribution in [2.75, 3.05) is 39.9 Å². The van der Waals surface area contributed by atoms with Crippen molar-refractivity contribution in [3.05, 3.63) is 0 Å². The van der Waals surface area contributed by atoms with Crippen molar-refractivity contribution in [3.8, 4) is 0 Å². The highest BCUT2D eigenvalue weighted by molar-refractivity contribution is 4.85. The Morgan fingerprint density at radius 2 is 1.89 bits per heavy atom. The predicted molar refractivity (Wildman–Crippen MR) is 80.2 cm³/mol. The van der Waals surface area contributed by atoms with Crippen molar-refractivity contribution in [1.82, 2.24) is 4.90 Å². The van der Waals surface area contributed by atoms with Gasteiger partial charge in [0.15, 0.2) is 0 Å². The van der Waals surface area contributed by atoms with E-state index in [4.69, 9.17) is 10.5 Å². The fraction of sp³-hybridized carbons (Fsp3) is 1.00. The zero-order valence-corrected chi connectivity index (χ0v) is 12.7. The van der Waals surface area contributed by atoms with Crippen LogP contribution in [0.4, 0.5) is 0 Å². The van der Waals surface area contributed by atoms with Crippen LogP contribution in [0.1, 0.15) is 51.4 Å². The van der Waals surface area contributed by atoms with Gasteiger partial charge in [0.2, 0.25) is 0 Å². The van der Waals surface area contributed by atoms with Crippen LogP contribution in [0.5, 0.6) is 0 Å². The quantitative estimate of drug-likeness (QED) is 0.779. The molecule has 1 saturated carbocycles. The van der Waals surface area contributed by atoms with E-state index in [1.54, 1.807) is 0 Å². The van der Waals surface area contributed by atoms with Gasteiger partial charge in [-0.25, -0.2) is 0 Å². The molecule has 2 aliphatic rings. The lowest BCUT2D eigenvalue weighted by Crippen LogP contribution is -2.43. The summed E-state index contributed by atoms with van der Waals surface area (Å²) < 4.78 is 5.59. The predicted octanol–water partition coefficient (Wildman–Crippen LogP) is 2.64. The van der Waals surface area contributed by atoms with Crippen LogP contribution < -0.4 is 5.73 Å². The van der Waals surface area contributed by atoms with Gasteiger partial charge in [0.1, 0.15) is 0 Å². The van der Waals surface area contributed by atoms with E-state index in [0.29, 0.717) is 5.41 Å². The third-order valence-corrected chi connectivity index (χ3v) is 5.03. The largest absolute Gasteiger partial charge is 0.381 e. The standard InChI is InChI=1S/C16H32N2O/c1-18(11-15-7-6-10-19-12-15)14-16(13-17)8-4-2-3-5-9-16/h15H,2-14,17H2,1H3. The molecule has 2 rings (SSSR count). The summed E-state index contributed by atoms with van der Waals surface area (Å²) in [5, 5.41) is 0. The lowest BCUT2D eigenvalue weighted by Gasteiger charge is -2.37. The number of nitrogens with two attached hydrogens (primary N) is 1. The minimum atomic E-state index is 0.390. The Balaban J connectivity index is 1.82. The average molecular weight is 268 g/mol. The van der Waals surface area contributed by atoms with E-state index in [-0.39, 0.29) is 0 Å². The summed E-state index contributed by atoms with van der Waals surface area (Å²) >= 11 is 0. The van der Waals surface area contributed by atoms with Crippen molar-refractivity contribution in [3.63, 3.8) is 0 Å². The van der Waals surface area contributed by atoms with E-state index >= 15 is 0 Å². The first-order chi connectivity index (χ1) is 9.24. The Morgan fingerprint density at radius 3 is 2.47 bits per heavy atom. The van der Waals surface area contributed by atoms with E-state index in [1.807, 2.05) is 0 Å². The maximum Gasteiger partial charge on any atom is 0.0506 e. The second-order valence-corrected chi connectivity index (χ2v) is 6.90. The summed E-state index contributed by atoms with van der Waals surface area (Å²) in [5.41, 5.74) is 6.53. The van der Waals surface area contributed by atoms with E-state index in [9.17, 15) is 0 Å². The molecule has 1 unspecified atom stereocenters. The van der Waals surface area contributed by atoms with Gasteiger partial charge in [-0.15, -0.1) is 0 Å². The SMILES string of the molecule is CN(CC1CCCOC1)CC1(CN)CCCCCC1. The minimum Gasteiger partial charge on any atom is -0.381 e. The smallest absolute Gasteiger partial charge is 0.0506 e. The van der Waals surface area contributed by atoms with E-state index in [2.05, 4.69) is 11.9 Å². The van der Waals surface area contributed by atoms with Crippen LogP contribution in [0.2, 0.25) is 0 Å². The summed E-state index contributed by atoms with van der Waals surface area (Å²) in [5.74, 6) is 0.736. The molecule has 112 valence electrons. The first-order valence-corrected chi connectivity index (χ1v) is 8.20. The highest BCUT2D eigenvalue weighted by Gasteiger charge is 2.31. The molecule has 1 atom stereocenters. The van der Waals surface area contributed by atoms with Crippen molar-refractivity contribution >= 4 is 0 Å². The van der Waals surface area contributed by atoms with Crippen molar-refractivity contribution in [2.24, 2.45) is 17.1 Å². The Bertz CT molecular complexity index is 243. The lowest BCUT2D eigenvalue weighted by molar-refractivity contribution is 0.0345. The Kier molecular flexibility index (Phi) is 6.11. The summed E-state index contributed by atoms with van der Waals surface area (Å²) in [6.45, 7) is 5.15. The third kappa shape index (κ3) is 4.73. The molecule has 0 bridgehead atoms. The summed E-state index contributed by atoms with van der Waals surface area (Å²) in [6, 6.07) is 0. The zero-order chi connectivity index (χ0) is 13.6. The van der Waals surface area contributed by atoms with Gasteiger partial charge in [0.05, 0.1) is 6.61 Å².